The van der Waals surface area contributed by atoms with Gasteiger partial charge in [0, 0.05) is 52.4 Å². The SMILES string of the molecule is CCCC(CCO)CN=C(NCC)N1CCN(CCOc2ccccc2)CC1. The zero-order valence-electron chi connectivity index (χ0n) is 17.6. The van der Waals surface area contributed by atoms with E-state index in [0.717, 1.165) is 83.4 Å². The first-order valence-electron chi connectivity index (χ1n) is 10.8. The summed E-state index contributed by atoms with van der Waals surface area (Å²) in [6.07, 6.45) is 3.10. The molecule has 1 saturated heterocycles. The Labute approximate surface area is 170 Å². The van der Waals surface area contributed by atoms with Crippen molar-refractivity contribution in [3.05, 3.63) is 30.3 Å². The zero-order valence-corrected chi connectivity index (χ0v) is 17.6. The first-order valence-corrected chi connectivity index (χ1v) is 10.8. The van der Waals surface area contributed by atoms with E-state index in [1.807, 2.05) is 30.3 Å². The van der Waals surface area contributed by atoms with Gasteiger partial charge in [0.05, 0.1) is 0 Å². The highest BCUT2D eigenvalue weighted by molar-refractivity contribution is 5.80. The zero-order chi connectivity index (χ0) is 20.0. The first kappa shape index (κ1) is 22.5. The number of aliphatic imine (C=N–C) groups is 1. The monoisotopic (exact) mass is 390 g/mol. The van der Waals surface area contributed by atoms with E-state index in [1.165, 1.54) is 0 Å². The van der Waals surface area contributed by atoms with Crippen molar-refractivity contribution in [2.75, 3.05) is 59.0 Å². The third-order valence-electron chi connectivity index (χ3n) is 5.16. The van der Waals surface area contributed by atoms with E-state index in [0.29, 0.717) is 5.92 Å². The summed E-state index contributed by atoms with van der Waals surface area (Å²) < 4.78 is 5.82. The second-order valence-electron chi connectivity index (χ2n) is 7.35. The number of aliphatic hydroxyl groups excluding tert-OH is 1. The highest BCUT2D eigenvalue weighted by Crippen LogP contribution is 2.12. The molecule has 6 heteroatoms. The molecule has 2 rings (SSSR count). The fourth-order valence-corrected chi connectivity index (χ4v) is 3.55. The van der Waals surface area contributed by atoms with Gasteiger partial charge in [-0.25, -0.2) is 0 Å². The van der Waals surface area contributed by atoms with Crippen LogP contribution in [0, 0.1) is 5.92 Å². The van der Waals surface area contributed by atoms with Crippen molar-refractivity contribution < 1.29 is 9.84 Å². The largest absolute Gasteiger partial charge is 0.492 e. The van der Waals surface area contributed by atoms with Gasteiger partial charge in [-0.15, -0.1) is 0 Å². The van der Waals surface area contributed by atoms with Gasteiger partial charge in [0.2, 0.25) is 0 Å². The number of nitrogens with zero attached hydrogens (tertiary/aromatic N) is 3. The number of nitrogens with one attached hydrogen (secondary N) is 1. The molecule has 2 N–H and O–H groups in total. The maximum Gasteiger partial charge on any atom is 0.194 e. The summed E-state index contributed by atoms with van der Waals surface area (Å²) in [5.41, 5.74) is 0. The van der Waals surface area contributed by atoms with E-state index in [2.05, 4.69) is 29.0 Å². The number of hydrogen-bond donors (Lipinski definition) is 2. The van der Waals surface area contributed by atoms with E-state index in [4.69, 9.17) is 9.73 Å². The van der Waals surface area contributed by atoms with Crippen LogP contribution in [-0.4, -0.2) is 79.9 Å². The normalized spacial score (nSPS) is 16.8. The summed E-state index contributed by atoms with van der Waals surface area (Å²) >= 11 is 0. The minimum atomic E-state index is 0.250. The molecule has 1 atom stereocenters. The second kappa shape index (κ2) is 13.4. The smallest absolute Gasteiger partial charge is 0.194 e. The lowest BCUT2D eigenvalue weighted by molar-refractivity contribution is 0.152. The van der Waals surface area contributed by atoms with E-state index >= 15 is 0 Å². The number of para-hydroxylation sites is 1. The van der Waals surface area contributed by atoms with Gasteiger partial charge in [0.1, 0.15) is 12.4 Å². The van der Waals surface area contributed by atoms with Crippen LogP contribution in [-0.2, 0) is 0 Å². The van der Waals surface area contributed by atoms with Crippen LogP contribution < -0.4 is 10.1 Å². The topological polar surface area (TPSA) is 60.3 Å². The molecule has 158 valence electrons. The number of rotatable bonds is 11. The third kappa shape index (κ3) is 8.07. The van der Waals surface area contributed by atoms with Crippen molar-refractivity contribution in [3.8, 4) is 5.75 Å². The van der Waals surface area contributed by atoms with Crippen LogP contribution in [0.2, 0.25) is 0 Å². The van der Waals surface area contributed by atoms with Crippen molar-refractivity contribution in [3.63, 3.8) is 0 Å². The molecule has 0 amide bonds. The quantitative estimate of drug-likeness (QED) is 0.449. The van der Waals surface area contributed by atoms with Gasteiger partial charge < -0.3 is 20.1 Å². The first-order chi connectivity index (χ1) is 13.8. The number of benzene rings is 1. The standard InChI is InChI=1S/C22H38N4O2/c1-3-8-20(11-17-27)19-24-22(23-4-2)26-14-12-25(13-15-26)16-18-28-21-9-6-5-7-10-21/h5-7,9-10,20,27H,3-4,8,11-19H2,1-2H3,(H,23,24). The van der Waals surface area contributed by atoms with Crippen LogP contribution in [0.1, 0.15) is 33.1 Å². The Bertz CT molecular complexity index is 539. The lowest BCUT2D eigenvalue weighted by atomic mass is 10.0. The summed E-state index contributed by atoms with van der Waals surface area (Å²) in [7, 11) is 0. The number of ether oxygens (including phenoxy) is 1. The number of hydrogen-bond acceptors (Lipinski definition) is 4. The van der Waals surface area contributed by atoms with Crippen LogP contribution >= 0.6 is 0 Å². The van der Waals surface area contributed by atoms with Crippen LogP contribution in [0.25, 0.3) is 0 Å². The Kier molecular flexibility index (Phi) is 10.8. The Morgan fingerprint density at radius 2 is 1.89 bits per heavy atom. The summed E-state index contributed by atoms with van der Waals surface area (Å²) in [5.74, 6) is 2.43. The van der Waals surface area contributed by atoms with Gasteiger partial charge in [0.15, 0.2) is 5.96 Å². The minimum absolute atomic E-state index is 0.250. The summed E-state index contributed by atoms with van der Waals surface area (Å²) in [6, 6.07) is 10.0. The second-order valence-corrected chi connectivity index (χ2v) is 7.35. The fourth-order valence-electron chi connectivity index (χ4n) is 3.55. The minimum Gasteiger partial charge on any atom is -0.492 e. The van der Waals surface area contributed by atoms with Crippen LogP contribution in [0.5, 0.6) is 5.75 Å². The molecule has 0 radical (unpaired) electrons. The molecular formula is C22H38N4O2. The molecule has 0 aromatic heterocycles. The molecule has 1 aromatic carbocycles. The van der Waals surface area contributed by atoms with Crippen LogP contribution in [0.15, 0.2) is 35.3 Å². The Balaban J connectivity index is 1.76. The fraction of sp³-hybridized carbons (Fsp3) is 0.682. The molecule has 0 bridgehead atoms. The van der Waals surface area contributed by atoms with Gasteiger partial charge in [0.25, 0.3) is 0 Å². The van der Waals surface area contributed by atoms with Crippen molar-refractivity contribution >= 4 is 5.96 Å². The summed E-state index contributed by atoms with van der Waals surface area (Å²) in [6.45, 7) is 11.9. The number of guanidine groups is 1. The van der Waals surface area contributed by atoms with E-state index in [1.54, 1.807) is 0 Å². The summed E-state index contributed by atoms with van der Waals surface area (Å²) in [4.78, 5) is 9.69. The lowest BCUT2D eigenvalue weighted by Crippen LogP contribution is -2.53. The van der Waals surface area contributed by atoms with Crippen molar-refractivity contribution in [2.24, 2.45) is 10.9 Å². The molecule has 0 saturated carbocycles. The lowest BCUT2D eigenvalue weighted by Gasteiger charge is -2.36. The maximum absolute atomic E-state index is 9.26. The maximum atomic E-state index is 9.26. The van der Waals surface area contributed by atoms with E-state index in [9.17, 15) is 5.11 Å². The predicted octanol–water partition coefficient (Wildman–Crippen LogP) is 2.45. The molecule has 1 unspecified atom stereocenters. The average Bonchev–Trinajstić information content (AvgIpc) is 2.73. The molecule has 6 nitrogen and oxygen atoms in total. The molecule has 1 aliphatic rings. The molecule has 0 spiro atoms. The molecular weight excluding hydrogens is 352 g/mol. The number of piperazine rings is 1. The molecule has 1 aromatic rings. The summed E-state index contributed by atoms with van der Waals surface area (Å²) in [5, 5.41) is 12.7. The van der Waals surface area contributed by atoms with Gasteiger partial charge in [-0.05, 0) is 37.8 Å². The molecule has 1 fully saturated rings. The Morgan fingerprint density at radius 1 is 1.14 bits per heavy atom. The van der Waals surface area contributed by atoms with Gasteiger partial charge >= 0.3 is 0 Å². The highest BCUT2D eigenvalue weighted by Gasteiger charge is 2.19. The molecule has 1 heterocycles. The number of aliphatic hydroxyl groups is 1. The van der Waals surface area contributed by atoms with Crippen molar-refractivity contribution in [1.29, 1.82) is 0 Å². The van der Waals surface area contributed by atoms with Crippen LogP contribution in [0.3, 0.4) is 0 Å². The highest BCUT2D eigenvalue weighted by atomic mass is 16.5. The van der Waals surface area contributed by atoms with Crippen LogP contribution in [0.4, 0.5) is 0 Å². The van der Waals surface area contributed by atoms with E-state index in [-0.39, 0.29) is 6.61 Å². The van der Waals surface area contributed by atoms with E-state index < -0.39 is 0 Å². The molecule has 28 heavy (non-hydrogen) atoms. The Hall–Kier alpha value is -1.79. The van der Waals surface area contributed by atoms with Gasteiger partial charge in [-0.2, -0.15) is 0 Å². The predicted molar refractivity (Wildman–Crippen MR) is 116 cm³/mol. The van der Waals surface area contributed by atoms with Crippen molar-refractivity contribution in [2.45, 2.75) is 33.1 Å². The molecule has 0 aliphatic carbocycles. The average molecular weight is 391 g/mol. The third-order valence-corrected chi connectivity index (χ3v) is 5.16. The van der Waals surface area contributed by atoms with Gasteiger partial charge in [-0.3, -0.25) is 9.89 Å². The Morgan fingerprint density at radius 3 is 2.54 bits per heavy atom. The molecule has 1 aliphatic heterocycles. The van der Waals surface area contributed by atoms with Gasteiger partial charge in [-0.1, -0.05) is 31.5 Å². The van der Waals surface area contributed by atoms with Crippen molar-refractivity contribution in [1.82, 2.24) is 15.1 Å².